The molecule has 12 nitrogen and oxygen atoms in total. The van der Waals surface area contributed by atoms with E-state index < -0.39 is 48.3 Å². The maximum Gasteiger partial charge on any atom is 0.203 e. The second kappa shape index (κ2) is 9.39. The van der Waals surface area contributed by atoms with Crippen LogP contribution in [-0.4, -0.2) is 69.5 Å². The van der Waals surface area contributed by atoms with Crippen LogP contribution in [0.3, 0.4) is 0 Å². The van der Waals surface area contributed by atoms with E-state index >= 15 is 0 Å². The fourth-order valence-electron chi connectivity index (χ4n) is 4.56. The summed E-state index contributed by atoms with van der Waals surface area (Å²) < 4.78 is 28.1. The van der Waals surface area contributed by atoms with Crippen LogP contribution in [0.1, 0.15) is 33.7 Å². The zero-order valence-electron chi connectivity index (χ0n) is 20.1. The summed E-state index contributed by atoms with van der Waals surface area (Å²) >= 11 is 0. The average Bonchev–Trinajstić information content (AvgIpc) is 2.89. The zero-order valence-corrected chi connectivity index (χ0v) is 20.1. The Morgan fingerprint density at radius 1 is 0.789 bits per heavy atom. The molecular weight excluding hydrogens is 504 g/mol. The van der Waals surface area contributed by atoms with Gasteiger partial charge in [0.15, 0.2) is 47.4 Å². The first kappa shape index (κ1) is 25.1. The van der Waals surface area contributed by atoms with Crippen molar-refractivity contribution in [3.05, 3.63) is 53.1 Å². The maximum atomic E-state index is 12.8. The smallest absolute Gasteiger partial charge is 0.203 e. The number of ether oxygens (including phenoxy) is 5. The van der Waals surface area contributed by atoms with Gasteiger partial charge in [-0.2, -0.15) is 0 Å². The minimum Gasteiger partial charge on any atom is -0.508 e. The van der Waals surface area contributed by atoms with E-state index in [1.54, 1.807) is 0 Å². The molecule has 4 atom stereocenters. The summed E-state index contributed by atoms with van der Waals surface area (Å²) in [4.78, 5) is 12.8. The Labute approximate surface area is 215 Å². The van der Waals surface area contributed by atoms with Gasteiger partial charge in [-0.3, -0.25) is 4.79 Å². The Morgan fingerprint density at radius 2 is 1.42 bits per heavy atom. The fraction of sp³-hybridized carbons (Fsp3) is 0.269. The van der Waals surface area contributed by atoms with Crippen LogP contribution in [0.4, 0.5) is 0 Å². The van der Waals surface area contributed by atoms with Gasteiger partial charge in [0.1, 0.15) is 22.8 Å². The van der Waals surface area contributed by atoms with Crippen LogP contribution in [0, 0.1) is 0 Å². The monoisotopic (exact) mass is 528 g/mol. The number of hydrogen-bond donors (Lipinski definition) is 6. The molecule has 3 aromatic carbocycles. The number of ketones is 1. The van der Waals surface area contributed by atoms with E-state index in [4.69, 9.17) is 23.7 Å². The van der Waals surface area contributed by atoms with E-state index in [9.17, 15) is 35.4 Å². The topological polar surface area (TPSA) is 185 Å². The number of carbonyl (C=O) groups excluding carboxylic acids is 1. The number of methoxy groups -OCH3 is 2. The van der Waals surface area contributed by atoms with Crippen LogP contribution in [0.15, 0.2) is 36.4 Å². The highest BCUT2D eigenvalue weighted by Gasteiger charge is 2.41. The van der Waals surface area contributed by atoms with E-state index in [-0.39, 0.29) is 51.4 Å². The lowest BCUT2D eigenvalue weighted by Crippen LogP contribution is -2.37. The molecule has 2 heterocycles. The Kier molecular flexibility index (Phi) is 6.21. The molecule has 0 aromatic heterocycles. The molecule has 0 saturated carbocycles. The molecule has 0 fully saturated rings. The quantitative estimate of drug-likeness (QED) is 0.284. The number of carbonyl (C=O) groups is 1. The Hall–Kier alpha value is -4.55. The highest BCUT2D eigenvalue weighted by atomic mass is 16.6. The first-order valence-electron chi connectivity index (χ1n) is 11.4. The standard InChI is InChI=1S/C26H24O12/c1-34-16-4-11(5-17(35-2)21(16)31)24-19(9-27)38-26-14(30)3-10(6-18(26)37-24)25-23(33)22(32)20-13(29)7-12(28)8-15(20)36-25/h3-8,19,23-25,27-31,33H,9H2,1-2H3/t19-,23+,24-,25-/m1/s1. The Morgan fingerprint density at radius 3 is 2.05 bits per heavy atom. The molecule has 0 unspecified atom stereocenters. The molecule has 0 spiro atoms. The van der Waals surface area contributed by atoms with E-state index in [1.807, 2.05) is 0 Å². The van der Waals surface area contributed by atoms with Gasteiger partial charge in [-0.1, -0.05) is 0 Å². The number of rotatable bonds is 5. The van der Waals surface area contributed by atoms with Crippen molar-refractivity contribution in [1.29, 1.82) is 0 Å². The summed E-state index contributed by atoms with van der Waals surface area (Å²) in [7, 11) is 2.71. The van der Waals surface area contributed by atoms with Gasteiger partial charge >= 0.3 is 0 Å². The van der Waals surface area contributed by atoms with Gasteiger partial charge in [0.2, 0.25) is 17.3 Å². The summed E-state index contributed by atoms with van der Waals surface area (Å²) in [5, 5.41) is 61.5. The number of aliphatic hydroxyl groups excluding tert-OH is 2. The van der Waals surface area contributed by atoms with Crippen molar-refractivity contribution in [3.63, 3.8) is 0 Å². The molecule has 6 N–H and O–H groups in total. The summed E-state index contributed by atoms with van der Waals surface area (Å²) in [6, 6.07) is 7.63. The minimum atomic E-state index is -1.76. The number of phenols is 4. The lowest BCUT2D eigenvalue weighted by Gasteiger charge is -2.35. The molecule has 38 heavy (non-hydrogen) atoms. The maximum absolute atomic E-state index is 12.8. The van der Waals surface area contributed by atoms with Crippen molar-refractivity contribution < 1.29 is 59.1 Å². The predicted molar refractivity (Wildman–Crippen MR) is 128 cm³/mol. The molecule has 200 valence electrons. The van der Waals surface area contributed by atoms with Crippen molar-refractivity contribution in [1.82, 2.24) is 0 Å². The Balaban J connectivity index is 1.55. The van der Waals surface area contributed by atoms with Crippen molar-refractivity contribution in [2.24, 2.45) is 0 Å². The number of hydrogen-bond acceptors (Lipinski definition) is 12. The van der Waals surface area contributed by atoms with Crippen LogP contribution >= 0.6 is 0 Å². The van der Waals surface area contributed by atoms with Crippen molar-refractivity contribution in [3.8, 4) is 51.7 Å². The SMILES string of the molecule is COc1cc([C@H]2Oc3cc([C@H]4Oc5cc(O)cc(O)c5C(=O)[C@@H]4O)cc(O)c3O[C@@H]2CO)cc(OC)c1O. The summed E-state index contributed by atoms with van der Waals surface area (Å²) in [5.41, 5.74) is 0.255. The van der Waals surface area contributed by atoms with Crippen LogP contribution in [-0.2, 0) is 0 Å². The molecule has 12 heteroatoms. The van der Waals surface area contributed by atoms with E-state index in [1.165, 1.54) is 38.5 Å². The number of fused-ring (bicyclic) bond motifs is 2. The first-order valence-corrected chi connectivity index (χ1v) is 11.4. The molecule has 0 aliphatic carbocycles. The summed E-state index contributed by atoms with van der Waals surface area (Å²) in [5.74, 6) is -2.46. The number of benzene rings is 3. The van der Waals surface area contributed by atoms with Crippen molar-refractivity contribution in [2.45, 2.75) is 24.4 Å². The van der Waals surface area contributed by atoms with Crippen LogP contribution in [0.5, 0.6) is 51.7 Å². The van der Waals surface area contributed by atoms with Crippen LogP contribution in [0.25, 0.3) is 0 Å². The first-order chi connectivity index (χ1) is 18.2. The Bertz CT molecular complexity index is 1390. The summed E-state index contributed by atoms with van der Waals surface area (Å²) in [6.45, 7) is -0.500. The summed E-state index contributed by atoms with van der Waals surface area (Å²) in [6.07, 6.45) is -5.03. The fourth-order valence-corrected chi connectivity index (χ4v) is 4.56. The number of aromatic hydroxyl groups is 4. The number of Topliss-reactive ketones (excluding diaryl/α,β-unsaturated/α-hetero) is 1. The van der Waals surface area contributed by atoms with Gasteiger partial charge < -0.3 is 54.3 Å². The molecule has 0 radical (unpaired) electrons. The van der Waals surface area contributed by atoms with E-state index in [2.05, 4.69) is 0 Å². The number of phenolic OH excluding ortho intramolecular Hbond substituents is 4. The molecular formula is C26H24O12. The lowest BCUT2D eigenvalue weighted by molar-refractivity contribution is -0.0149. The molecule has 5 rings (SSSR count). The average molecular weight is 528 g/mol. The molecule has 0 amide bonds. The zero-order chi connectivity index (χ0) is 27.3. The van der Waals surface area contributed by atoms with Crippen LogP contribution in [0.2, 0.25) is 0 Å². The van der Waals surface area contributed by atoms with E-state index in [0.29, 0.717) is 5.56 Å². The largest absolute Gasteiger partial charge is 0.508 e. The minimum absolute atomic E-state index is 0.00788. The predicted octanol–water partition coefficient (Wildman–Crippen LogP) is 2.08. The van der Waals surface area contributed by atoms with E-state index in [0.717, 1.165) is 12.1 Å². The van der Waals surface area contributed by atoms with Crippen LogP contribution < -0.4 is 23.7 Å². The van der Waals surface area contributed by atoms with Crippen molar-refractivity contribution >= 4 is 5.78 Å². The normalized spacial score (nSPS) is 21.8. The number of aliphatic hydroxyl groups is 2. The second-order valence-electron chi connectivity index (χ2n) is 8.70. The molecule has 2 aliphatic heterocycles. The highest BCUT2D eigenvalue weighted by Crippen LogP contribution is 2.50. The molecule has 0 bridgehead atoms. The van der Waals surface area contributed by atoms with Gasteiger partial charge in [0, 0.05) is 23.3 Å². The highest BCUT2D eigenvalue weighted by molar-refractivity contribution is 6.05. The lowest BCUT2D eigenvalue weighted by atomic mass is 9.92. The molecule has 2 aliphatic rings. The molecule has 3 aromatic rings. The van der Waals surface area contributed by atoms with Gasteiger partial charge in [0.25, 0.3) is 0 Å². The van der Waals surface area contributed by atoms with Gasteiger partial charge in [-0.15, -0.1) is 0 Å². The third-order valence-electron chi connectivity index (χ3n) is 6.38. The third kappa shape index (κ3) is 3.99. The van der Waals surface area contributed by atoms with Gasteiger partial charge in [0.05, 0.1) is 20.8 Å². The van der Waals surface area contributed by atoms with Gasteiger partial charge in [-0.25, -0.2) is 0 Å². The van der Waals surface area contributed by atoms with Gasteiger partial charge in [-0.05, 0) is 24.3 Å². The van der Waals surface area contributed by atoms with Crippen molar-refractivity contribution in [2.75, 3.05) is 20.8 Å². The molecule has 0 saturated heterocycles. The third-order valence-corrected chi connectivity index (χ3v) is 6.38. The second-order valence-corrected chi connectivity index (χ2v) is 8.70.